The molecule has 96 valence electrons. The Bertz CT molecular complexity index is 458. The van der Waals surface area contributed by atoms with E-state index in [4.69, 9.17) is 4.74 Å². The van der Waals surface area contributed by atoms with Crippen LogP contribution < -0.4 is 0 Å². The van der Waals surface area contributed by atoms with Crippen LogP contribution in [0.2, 0.25) is 0 Å². The number of carbonyl (C=O) groups is 2. The number of pyridine rings is 1. The molecule has 0 N–H and O–H groups in total. The normalized spacial score (nSPS) is 10.8. The van der Waals surface area contributed by atoms with E-state index in [2.05, 4.69) is 11.6 Å². The van der Waals surface area contributed by atoms with Crippen molar-refractivity contribution < 1.29 is 14.3 Å². The standard InChI is InChI=1S/C14H17NO3/c1-10(8-12(16)18-14(2,3)4)13(17)11-6-5-7-15-9-11/h5-7,9H,1,8H2,2-4H3. The second-order valence-corrected chi connectivity index (χ2v) is 4.94. The highest BCUT2D eigenvalue weighted by atomic mass is 16.6. The van der Waals surface area contributed by atoms with Crippen LogP contribution in [0.3, 0.4) is 0 Å². The van der Waals surface area contributed by atoms with E-state index >= 15 is 0 Å². The third kappa shape index (κ3) is 4.49. The van der Waals surface area contributed by atoms with Gasteiger partial charge in [0.05, 0.1) is 6.42 Å². The molecule has 0 aliphatic heterocycles. The van der Waals surface area contributed by atoms with E-state index in [0.717, 1.165) is 0 Å². The van der Waals surface area contributed by atoms with Crippen molar-refractivity contribution in [3.8, 4) is 0 Å². The van der Waals surface area contributed by atoms with E-state index in [-0.39, 0.29) is 17.8 Å². The summed E-state index contributed by atoms with van der Waals surface area (Å²) < 4.78 is 5.13. The summed E-state index contributed by atoms with van der Waals surface area (Å²) in [4.78, 5) is 27.3. The minimum atomic E-state index is -0.561. The van der Waals surface area contributed by atoms with Crippen LogP contribution in [0.5, 0.6) is 0 Å². The van der Waals surface area contributed by atoms with E-state index in [9.17, 15) is 9.59 Å². The van der Waals surface area contributed by atoms with Gasteiger partial charge in [-0.2, -0.15) is 0 Å². The highest BCUT2D eigenvalue weighted by Crippen LogP contribution is 2.13. The molecule has 1 heterocycles. The summed E-state index contributed by atoms with van der Waals surface area (Å²) in [5.41, 5.74) is 0.0673. The molecule has 0 saturated carbocycles. The zero-order chi connectivity index (χ0) is 13.8. The number of hydrogen-bond donors (Lipinski definition) is 0. The fourth-order valence-electron chi connectivity index (χ4n) is 1.33. The molecule has 0 radical (unpaired) electrons. The molecule has 18 heavy (non-hydrogen) atoms. The number of carbonyl (C=O) groups excluding carboxylic acids is 2. The Hall–Kier alpha value is -1.97. The molecule has 0 aliphatic rings. The SMILES string of the molecule is C=C(CC(=O)OC(C)(C)C)C(=O)c1cccnc1. The largest absolute Gasteiger partial charge is 0.460 e. The summed E-state index contributed by atoms with van der Waals surface area (Å²) in [5, 5.41) is 0. The fourth-order valence-corrected chi connectivity index (χ4v) is 1.33. The van der Waals surface area contributed by atoms with Gasteiger partial charge in [-0.25, -0.2) is 0 Å². The first kappa shape index (κ1) is 14.1. The number of rotatable bonds is 4. The first-order chi connectivity index (χ1) is 8.29. The minimum absolute atomic E-state index is 0.106. The van der Waals surface area contributed by atoms with E-state index in [0.29, 0.717) is 5.56 Å². The van der Waals surface area contributed by atoms with E-state index < -0.39 is 11.6 Å². The van der Waals surface area contributed by atoms with E-state index in [1.165, 1.54) is 6.20 Å². The van der Waals surface area contributed by atoms with Gasteiger partial charge < -0.3 is 4.74 Å². The van der Waals surface area contributed by atoms with Gasteiger partial charge in [0.15, 0.2) is 5.78 Å². The second kappa shape index (κ2) is 5.58. The number of nitrogens with zero attached hydrogens (tertiary/aromatic N) is 1. The molecule has 0 saturated heterocycles. The van der Waals surface area contributed by atoms with Gasteiger partial charge in [-0.15, -0.1) is 0 Å². The molecule has 0 aliphatic carbocycles. The van der Waals surface area contributed by atoms with E-state index in [1.807, 2.05) is 0 Å². The van der Waals surface area contributed by atoms with Crippen molar-refractivity contribution in [1.82, 2.24) is 4.98 Å². The molecule has 0 amide bonds. The Morgan fingerprint density at radius 3 is 2.56 bits per heavy atom. The molecule has 4 heteroatoms. The molecule has 1 aromatic rings. The maximum atomic E-state index is 11.9. The van der Waals surface area contributed by atoms with Crippen LogP contribution in [-0.4, -0.2) is 22.3 Å². The van der Waals surface area contributed by atoms with Crippen LogP contribution >= 0.6 is 0 Å². The van der Waals surface area contributed by atoms with Gasteiger partial charge in [-0.05, 0) is 32.9 Å². The highest BCUT2D eigenvalue weighted by Gasteiger charge is 2.19. The average Bonchev–Trinajstić information content (AvgIpc) is 2.26. The Balaban J connectivity index is 2.62. The summed E-state index contributed by atoms with van der Waals surface area (Å²) in [6.07, 6.45) is 2.92. The van der Waals surface area contributed by atoms with Gasteiger partial charge in [0, 0.05) is 23.5 Å². The lowest BCUT2D eigenvalue weighted by molar-refractivity contribution is -0.153. The predicted molar refractivity (Wildman–Crippen MR) is 68.2 cm³/mol. The smallest absolute Gasteiger partial charge is 0.310 e. The number of ether oxygens (including phenoxy) is 1. The molecule has 1 aromatic heterocycles. The minimum Gasteiger partial charge on any atom is -0.460 e. The Labute approximate surface area is 107 Å². The quantitative estimate of drug-likeness (QED) is 0.466. The third-order valence-electron chi connectivity index (χ3n) is 2.02. The molecule has 0 spiro atoms. The molecule has 0 fully saturated rings. The van der Waals surface area contributed by atoms with Crippen LogP contribution in [0.15, 0.2) is 36.7 Å². The lowest BCUT2D eigenvalue weighted by Crippen LogP contribution is -2.24. The number of ketones is 1. The third-order valence-corrected chi connectivity index (χ3v) is 2.02. The first-order valence-corrected chi connectivity index (χ1v) is 5.64. The molecule has 0 unspecified atom stereocenters. The molecule has 0 aromatic carbocycles. The molecule has 0 atom stereocenters. The Morgan fingerprint density at radius 2 is 2.06 bits per heavy atom. The second-order valence-electron chi connectivity index (χ2n) is 4.94. The zero-order valence-corrected chi connectivity index (χ0v) is 10.9. The number of aromatic nitrogens is 1. The highest BCUT2D eigenvalue weighted by molar-refractivity contribution is 6.10. The van der Waals surface area contributed by atoms with E-state index in [1.54, 1.807) is 39.1 Å². The van der Waals surface area contributed by atoms with Crippen LogP contribution in [0, 0.1) is 0 Å². The zero-order valence-electron chi connectivity index (χ0n) is 10.9. The maximum Gasteiger partial charge on any atom is 0.310 e. The molecule has 0 bridgehead atoms. The van der Waals surface area contributed by atoms with Crippen LogP contribution in [0.25, 0.3) is 0 Å². The van der Waals surface area contributed by atoms with Crippen molar-refractivity contribution in [2.45, 2.75) is 32.8 Å². The first-order valence-electron chi connectivity index (χ1n) is 5.64. The van der Waals surface area contributed by atoms with Crippen molar-refractivity contribution in [3.05, 3.63) is 42.2 Å². The summed E-state index contributed by atoms with van der Waals surface area (Å²) in [6, 6.07) is 3.30. The number of hydrogen-bond acceptors (Lipinski definition) is 4. The number of esters is 1. The lowest BCUT2D eigenvalue weighted by atomic mass is 10.0. The van der Waals surface area contributed by atoms with Gasteiger partial charge >= 0.3 is 5.97 Å². The number of Topliss-reactive ketones (excluding diaryl/α,β-unsaturated/α-hetero) is 1. The van der Waals surface area contributed by atoms with Gasteiger partial charge in [0.25, 0.3) is 0 Å². The summed E-state index contributed by atoms with van der Waals surface area (Å²) in [5.74, 6) is -0.737. The van der Waals surface area contributed by atoms with Gasteiger partial charge in [0.1, 0.15) is 5.60 Å². The molecule has 4 nitrogen and oxygen atoms in total. The summed E-state index contributed by atoms with van der Waals surface area (Å²) in [6.45, 7) is 8.95. The van der Waals surface area contributed by atoms with Crippen molar-refractivity contribution in [2.24, 2.45) is 0 Å². The van der Waals surface area contributed by atoms with Crippen molar-refractivity contribution >= 4 is 11.8 Å². The van der Waals surface area contributed by atoms with Crippen molar-refractivity contribution in [1.29, 1.82) is 0 Å². The summed E-state index contributed by atoms with van der Waals surface area (Å²) in [7, 11) is 0. The lowest BCUT2D eigenvalue weighted by Gasteiger charge is -2.19. The van der Waals surface area contributed by atoms with Crippen LogP contribution in [0.1, 0.15) is 37.6 Å². The average molecular weight is 247 g/mol. The molecular formula is C14H17NO3. The molecular weight excluding hydrogens is 230 g/mol. The maximum absolute atomic E-state index is 11.9. The monoisotopic (exact) mass is 247 g/mol. The predicted octanol–water partition coefficient (Wildman–Crippen LogP) is 2.55. The van der Waals surface area contributed by atoms with Crippen LogP contribution in [-0.2, 0) is 9.53 Å². The van der Waals surface area contributed by atoms with Gasteiger partial charge in [-0.3, -0.25) is 14.6 Å². The Kier molecular flexibility index (Phi) is 4.37. The van der Waals surface area contributed by atoms with Crippen molar-refractivity contribution in [2.75, 3.05) is 0 Å². The Morgan fingerprint density at radius 1 is 1.39 bits per heavy atom. The van der Waals surface area contributed by atoms with Crippen LogP contribution in [0.4, 0.5) is 0 Å². The topological polar surface area (TPSA) is 56.3 Å². The fraction of sp³-hybridized carbons (Fsp3) is 0.357. The summed E-state index contributed by atoms with van der Waals surface area (Å²) >= 11 is 0. The molecule has 1 rings (SSSR count). The van der Waals surface area contributed by atoms with Gasteiger partial charge in [0.2, 0.25) is 0 Å². The van der Waals surface area contributed by atoms with Crippen molar-refractivity contribution in [3.63, 3.8) is 0 Å². The van der Waals surface area contributed by atoms with Gasteiger partial charge in [-0.1, -0.05) is 6.58 Å².